The summed E-state index contributed by atoms with van der Waals surface area (Å²) in [6.45, 7) is 0. The first-order valence-electron chi connectivity index (χ1n) is 13.1. The first kappa shape index (κ1) is 22.0. The van der Waals surface area contributed by atoms with Gasteiger partial charge in [0.15, 0.2) is 5.78 Å². The molecule has 4 aliphatic carbocycles. The second-order valence-corrected chi connectivity index (χ2v) is 10.3. The van der Waals surface area contributed by atoms with Gasteiger partial charge in [-0.3, -0.25) is 4.79 Å². The molecule has 0 bridgehead atoms. The number of carbonyl (C=O) groups excluding carboxylic acids is 1. The molecule has 1 atom stereocenters. The highest BCUT2D eigenvalue weighted by molar-refractivity contribution is 6.03. The minimum atomic E-state index is 0.219. The maximum atomic E-state index is 13.7. The molecule has 0 aromatic heterocycles. The van der Waals surface area contributed by atoms with Crippen LogP contribution in [0.4, 0.5) is 0 Å². The quantitative estimate of drug-likeness (QED) is 0.408. The lowest BCUT2D eigenvalue weighted by atomic mass is 9.88. The first-order chi connectivity index (χ1) is 17.3. The van der Waals surface area contributed by atoms with Gasteiger partial charge in [0.05, 0.1) is 0 Å². The van der Waals surface area contributed by atoms with E-state index >= 15 is 0 Å². The van der Waals surface area contributed by atoms with Crippen molar-refractivity contribution in [3.8, 4) is 0 Å². The maximum Gasteiger partial charge on any atom is 0.163 e. The van der Waals surface area contributed by atoms with Crippen molar-refractivity contribution in [2.24, 2.45) is 5.92 Å². The van der Waals surface area contributed by atoms with E-state index in [1.165, 1.54) is 64.7 Å². The Morgan fingerprint density at radius 1 is 0.829 bits per heavy atom. The molecule has 1 nitrogen and oxygen atoms in total. The lowest BCUT2D eigenvalue weighted by Gasteiger charge is -2.15. The summed E-state index contributed by atoms with van der Waals surface area (Å²) in [5.74, 6) is 1.11. The van der Waals surface area contributed by atoms with Gasteiger partial charge in [-0.15, -0.1) is 0 Å². The molecule has 35 heavy (non-hydrogen) atoms. The highest BCUT2D eigenvalue weighted by Gasteiger charge is 2.31. The van der Waals surface area contributed by atoms with Gasteiger partial charge in [0.2, 0.25) is 0 Å². The Hall–Kier alpha value is -3.45. The number of rotatable bonds is 7. The van der Waals surface area contributed by atoms with E-state index in [1.54, 1.807) is 0 Å². The molecule has 1 saturated carbocycles. The number of Topliss-reactive ketones (excluding diaryl/α,β-unsaturated/α-hetero) is 1. The molecule has 2 aromatic carbocycles. The van der Waals surface area contributed by atoms with Gasteiger partial charge in [0, 0.05) is 17.9 Å². The molecular weight excluding hydrogens is 424 g/mol. The smallest absolute Gasteiger partial charge is 0.163 e. The molecule has 0 saturated heterocycles. The zero-order chi connectivity index (χ0) is 23.6. The minimum Gasteiger partial charge on any atom is -0.294 e. The number of carbonyl (C=O) groups is 1. The summed E-state index contributed by atoms with van der Waals surface area (Å²) < 4.78 is 0. The Morgan fingerprint density at radius 2 is 1.54 bits per heavy atom. The molecule has 0 N–H and O–H groups in total. The van der Waals surface area contributed by atoms with E-state index in [-0.39, 0.29) is 5.92 Å². The average molecular weight is 457 g/mol. The number of hydrogen-bond acceptors (Lipinski definition) is 1. The highest BCUT2D eigenvalue weighted by atomic mass is 16.1. The monoisotopic (exact) mass is 456 g/mol. The van der Waals surface area contributed by atoms with Crippen LogP contribution in [0.15, 0.2) is 125 Å². The molecule has 2 aromatic rings. The lowest BCUT2D eigenvalue weighted by Crippen LogP contribution is -2.08. The van der Waals surface area contributed by atoms with Crippen LogP contribution in [-0.4, -0.2) is 5.78 Å². The van der Waals surface area contributed by atoms with Gasteiger partial charge in [-0.2, -0.15) is 0 Å². The molecule has 4 aliphatic rings. The Bertz CT molecular complexity index is 1310. The van der Waals surface area contributed by atoms with E-state index < -0.39 is 0 Å². The van der Waals surface area contributed by atoms with E-state index in [9.17, 15) is 4.79 Å². The number of hydrogen-bond donors (Lipinski definition) is 0. The third-order valence-corrected chi connectivity index (χ3v) is 8.02. The first-order valence-corrected chi connectivity index (χ1v) is 13.1. The molecule has 0 heterocycles. The Balaban J connectivity index is 1.42. The van der Waals surface area contributed by atoms with Crippen LogP contribution in [0.2, 0.25) is 0 Å². The van der Waals surface area contributed by atoms with Crippen molar-refractivity contribution in [2.75, 3.05) is 0 Å². The van der Waals surface area contributed by atoms with Crippen LogP contribution in [-0.2, 0) is 4.79 Å². The molecule has 0 spiro atoms. The summed E-state index contributed by atoms with van der Waals surface area (Å²) in [6, 6.07) is 21.4. The fourth-order valence-corrected chi connectivity index (χ4v) is 6.15. The van der Waals surface area contributed by atoms with Crippen LogP contribution in [0.1, 0.15) is 62.0 Å². The molecule has 1 heteroatoms. The fraction of sp³-hybridized carbons (Fsp3) is 0.265. The number of benzene rings is 2. The summed E-state index contributed by atoms with van der Waals surface area (Å²) >= 11 is 0. The van der Waals surface area contributed by atoms with Crippen molar-refractivity contribution in [3.63, 3.8) is 0 Å². The van der Waals surface area contributed by atoms with Gasteiger partial charge in [-0.1, -0.05) is 117 Å². The normalized spacial score (nSPS) is 21.9. The standard InChI is InChI=1S/C34H32O/c35-34(19-24-11-7-8-12-24)33-23-29(26-15-9-10-16-26)22-32(33)31-21-28(25-13-3-1-4-14-25)20-30(31)27-17-5-2-6-18-27/h1-6,9-10,13-15,17-18,20-21,23-24,28H,7-8,11-12,16,19,22H2. The second-order valence-electron chi connectivity index (χ2n) is 10.3. The van der Waals surface area contributed by atoms with Crippen LogP contribution < -0.4 is 0 Å². The number of ketones is 1. The molecule has 174 valence electrons. The van der Waals surface area contributed by atoms with Gasteiger partial charge in [0.1, 0.15) is 0 Å². The van der Waals surface area contributed by atoms with E-state index in [0.29, 0.717) is 18.1 Å². The summed E-state index contributed by atoms with van der Waals surface area (Å²) in [5.41, 5.74) is 9.88. The number of allylic oxidation sites excluding steroid dienone is 12. The van der Waals surface area contributed by atoms with Crippen LogP contribution in [0, 0.1) is 5.92 Å². The Kier molecular flexibility index (Phi) is 6.08. The Labute approximate surface area is 209 Å². The topological polar surface area (TPSA) is 17.1 Å². The summed E-state index contributed by atoms with van der Waals surface area (Å²) in [7, 11) is 0. The van der Waals surface area contributed by atoms with Gasteiger partial charge in [-0.05, 0) is 63.8 Å². The summed E-state index contributed by atoms with van der Waals surface area (Å²) in [6.07, 6.45) is 21.0. The summed E-state index contributed by atoms with van der Waals surface area (Å²) in [5, 5.41) is 0. The predicted molar refractivity (Wildman–Crippen MR) is 145 cm³/mol. The molecule has 0 aliphatic heterocycles. The molecule has 6 rings (SSSR count). The third kappa shape index (κ3) is 4.48. The molecule has 1 unspecified atom stereocenters. The zero-order valence-electron chi connectivity index (χ0n) is 20.3. The fourth-order valence-electron chi connectivity index (χ4n) is 6.15. The van der Waals surface area contributed by atoms with Crippen LogP contribution in [0.3, 0.4) is 0 Å². The van der Waals surface area contributed by atoms with E-state index in [1.807, 2.05) is 0 Å². The zero-order valence-corrected chi connectivity index (χ0v) is 20.3. The second kappa shape index (κ2) is 9.66. The van der Waals surface area contributed by atoms with Crippen molar-refractivity contribution >= 4 is 11.4 Å². The largest absolute Gasteiger partial charge is 0.294 e. The molecule has 1 fully saturated rings. The molecule has 0 amide bonds. The van der Waals surface area contributed by atoms with E-state index in [0.717, 1.165) is 18.4 Å². The van der Waals surface area contributed by atoms with Crippen molar-refractivity contribution in [2.45, 2.75) is 50.9 Å². The van der Waals surface area contributed by atoms with Gasteiger partial charge in [-0.25, -0.2) is 0 Å². The van der Waals surface area contributed by atoms with Gasteiger partial charge < -0.3 is 0 Å². The molecule has 0 radical (unpaired) electrons. The van der Waals surface area contributed by atoms with Crippen molar-refractivity contribution in [1.82, 2.24) is 0 Å². The van der Waals surface area contributed by atoms with Crippen LogP contribution in [0.5, 0.6) is 0 Å². The van der Waals surface area contributed by atoms with Gasteiger partial charge >= 0.3 is 0 Å². The van der Waals surface area contributed by atoms with Crippen molar-refractivity contribution in [1.29, 1.82) is 0 Å². The highest BCUT2D eigenvalue weighted by Crippen LogP contribution is 2.47. The predicted octanol–water partition coefficient (Wildman–Crippen LogP) is 8.46. The average Bonchev–Trinajstić information content (AvgIpc) is 3.71. The Morgan fingerprint density at radius 3 is 2.26 bits per heavy atom. The minimum absolute atomic E-state index is 0.219. The molecular formula is C34H32O. The maximum absolute atomic E-state index is 13.7. The summed E-state index contributed by atoms with van der Waals surface area (Å²) in [4.78, 5) is 13.7. The van der Waals surface area contributed by atoms with Crippen molar-refractivity contribution in [3.05, 3.63) is 136 Å². The van der Waals surface area contributed by atoms with E-state index in [4.69, 9.17) is 0 Å². The van der Waals surface area contributed by atoms with Crippen LogP contribution in [0.25, 0.3) is 5.57 Å². The third-order valence-electron chi connectivity index (χ3n) is 8.02. The van der Waals surface area contributed by atoms with Crippen molar-refractivity contribution < 1.29 is 4.79 Å². The van der Waals surface area contributed by atoms with Crippen LogP contribution >= 0.6 is 0 Å². The SMILES string of the molecule is O=C(CC1CCCC1)C1=C(C2=CC(c3ccccc3)C=C2c2ccccc2)CC(C2=CC=CC2)=C1. The van der Waals surface area contributed by atoms with E-state index in [2.05, 4.69) is 97.1 Å². The van der Waals surface area contributed by atoms with Gasteiger partial charge in [0.25, 0.3) is 0 Å². The lowest BCUT2D eigenvalue weighted by molar-refractivity contribution is -0.116.